The molecule has 24 heteroatoms. The summed E-state index contributed by atoms with van der Waals surface area (Å²) in [6.07, 6.45) is 0.429. The summed E-state index contributed by atoms with van der Waals surface area (Å²) >= 11 is 2.33. The molecule has 1 fully saturated rings. The van der Waals surface area contributed by atoms with Gasteiger partial charge >= 0.3 is 24.1 Å². The average Bonchev–Trinajstić information content (AvgIpc) is 4.08. The first-order valence-corrected chi connectivity index (χ1v) is 26.3. The highest BCUT2D eigenvalue weighted by Crippen LogP contribution is 2.41. The molecule has 22 nitrogen and oxygen atoms in total. The summed E-state index contributed by atoms with van der Waals surface area (Å²) in [5, 5.41) is 21.0. The van der Waals surface area contributed by atoms with Crippen molar-refractivity contribution < 1.29 is 62.0 Å². The summed E-state index contributed by atoms with van der Waals surface area (Å²) in [5.74, 6) is -1.19. The largest absolute Gasteiger partial charge is 0.497 e. The second-order valence-corrected chi connectivity index (χ2v) is 23.4. The Morgan fingerprint density at radius 1 is 0.842 bits per heavy atom. The molecule has 2 aromatic carbocycles. The minimum absolute atomic E-state index is 0.0437. The molecule has 2 atom stereocenters. The standard InChI is InChI=1S/C52H64N10O12S2/c1-49(2,3)71-45(66)52(10,11)74-58-37(35-29-76-46(54-35)57-48(68)73-51(7,8)9)41(63)55-38-42(64)62-39(44(65)70-27-31-15-19-34(69-12)20-16-31)33(28-75-43(38)62)26-60-22-21-36-59(23-24-61(36)60)25-30-13-17-32(18-14-30)40(53)56-47(67)72-50(4,5)6/h13-22,29,38,43H,23-28H2,1-12H3,(H3-,53,54,55,56,57,63,67,68)/p+1/b58-37-/t38-,43-/m1/s1. The van der Waals surface area contributed by atoms with E-state index in [2.05, 4.69) is 35.7 Å². The zero-order chi connectivity index (χ0) is 55.5. The van der Waals surface area contributed by atoms with Gasteiger partial charge in [0.1, 0.15) is 57.8 Å². The Labute approximate surface area is 448 Å². The Morgan fingerprint density at radius 3 is 2.13 bits per heavy atom. The van der Waals surface area contributed by atoms with Crippen LogP contribution in [0.3, 0.4) is 0 Å². The van der Waals surface area contributed by atoms with Crippen LogP contribution in [0.5, 0.6) is 5.75 Å². The van der Waals surface area contributed by atoms with Crippen molar-refractivity contribution in [2.45, 2.75) is 136 Å². The van der Waals surface area contributed by atoms with E-state index in [1.807, 2.05) is 29.1 Å². The number of aromatic nitrogens is 3. The van der Waals surface area contributed by atoms with E-state index < -0.39 is 75.5 Å². The molecular formula is C52H65N10O12S2+. The molecule has 0 radical (unpaired) electrons. The van der Waals surface area contributed by atoms with E-state index in [-0.39, 0.29) is 41.3 Å². The number of methoxy groups -OCH3 is 1. The molecule has 2 aromatic heterocycles. The summed E-state index contributed by atoms with van der Waals surface area (Å²) in [6, 6.07) is 15.2. The van der Waals surface area contributed by atoms with Crippen molar-refractivity contribution >= 4 is 81.5 Å². The third-order valence-electron chi connectivity index (χ3n) is 11.4. The van der Waals surface area contributed by atoms with E-state index in [1.54, 1.807) is 106 Å². The number of β-lactam (4-membered cyclic amide) rings is 1. The number of fused-ring (bicyclic) bond motifs is 2. The van der Waals surface area contributed by atoms with Gasteiger partial charge in [0.15, 0.2) is 29.4 Å². The molecule has 0 aliphatic carbocycles. The number of alkyl carbamates (subject to hydrolysis) is 1. The van der Waals surface area contributed by atoms with Crippen LogP contribution >= 0.6 is 23.1 Å². The van der Waals surface area contributed by atoms with Crippen molar-refractivity contribution in [3.05, 3.63) is 99.8 Å². The number of carbonyl (C=O) groups is 6. The van der Waals surface area contributed by atoms with Gasteiger partial charge in [-0.15, -0.1) is 32.5 Å². The van der Waals surface area contributed by atoms with Gasteiger partial charge in [-0.2, -0.15) is 0 Å². The van der Waals surface area contributed by atoms with Crippen LogP contribution < -0.4 is 30.3 Å². The SMILES string of the molecule is COc1ccc(COC(=O)C2=C(C[n+]3ccc4n3CCN4Cc3ccc(C(=N)NC(=O)OC(C)(C)C)cc3)CS[C@@H]3[C@H](NC(=O)/C(=N\OC(C)(C)C(=O)OC(C)(C)C)c4csc(NC(=O)OC(C)(C)C)n4)C(=O)N23)cc1. The van der Waals surface area contributed by atoms with Gasteiger partial charge in [0, 0.05) is 35.4 Å². The van der Waals surface area contributed by atoms with Crippen molar-refractivity contribution in [1.29, 1.82) is 5.41 Å². The minimum atomic E-state index is -1.68. The first-order valence-electron chi connectivity index (χ1n) is 24.3. The second kappa shape index (κ2) is 22.4. The van der Waals surface area contributed by atoms with E-state index in [9.17, 15) is 28.8 Å². The monoisotopic (exact) mass is 1090 g/mol. The average molecular weight is 1090 g/mol. The van der Waals surface area contributed by atoms with Crippen LogP contribution in [0.4, 0.5) is 20.5 Å². The van der Waals surface area contributed by atoms with E-state index in [0.29, 0.717) is 42.1 Å². The van der Waals surface area contributed by atoms with Crippen LogP contribution in [0.2, 0.25) is 0 Å². The highest BCUT2D eigenvalue weighted by atomic mass is 32.2. The van der Waals surface area contributed by atoms with Crippen LogP contribution in [-0.2, 0) is 69.2 Å². The molecule has 0 saturated carbocycles. The van der Waals surface area contributed by atoms with Crippen LogP contribution in [0.25, 0.3) is 0 Å². The van der Waals surface area contributed by atoms with Gasteiger partial charge in [0.2, 0.25) is 5.60 Å². The Kier molecular flexibility index (Phi) is 16.6. The number of anilines is 2. The molecule has 0 spiro atoms. The smallest absolute Gasteiger partial charge is 0.413 e. The van der Waals surface area contributed by atoms with Crippen molar-refractivity contribution in [1.82, 2.24) is 25.2 Å². The fraction of sp³-hybridized carbons (Fsp3) is 0.462. The van der Waals surface area contributed by atoms with Crippen LogP contribution in [0.15, 0.2) is 82.6 Å². The van der Waals surface area contributed by atoms with Crippen molar-refractivity contribution in [2.24, 2.45) is 5.16 Å². The number of esters is 2. The summed E-state index contributed by atoms with van der Waals surface area (Å²) in [5.41, 5.74) is -1.63. The number of thiazole rings is 1. The number of ether oxygens (including phenoxy) is 5. The van der Waals surface area contributed by atoms with E-state index in [4.69, 9.17) is 33.9 Å². The number of nitrogens with one attached hydrogen (secondary N) is 4. The molecular weight excluding hydrogens is 1020 g/mol. The highest BCUT2D eigenvalue weighted by Gasteiger charge is 2.55. The molecule has 406 valence electrons. The maximum Gasteiger partial charge on any atom is 0.413 e. The van der Waals surface area contributed by atoms with E-state index in [1.165, 1.54) is 35.9 Å². The second-order valence-electron chi connectivity index (χ2n) is 21.5. The Balaban J connectivity index is 1.11. The maximum absolute atomic E-state index is 14.4. The van der Waals surface area contributed by atoms with Gasteiger partial charge in [-0.25, -0.2) is 24.2 Å². The lowest BCUT2D eigenvalue weighted by atomic mass is 10.0. The van der Waals surface area contributed by atoms with Gasteiger partial charge in [-0.3, -0.25) is 30.5 Å². The Bertz CT molecular complexity index is 2950. The number of carbonyl (C=O) groups excluding carboxylic acids is 6. The van der Waals surface area contributed by atoms with Crippen LogP contribution in [-0.4, -0.2) is 115 Å². The zero-order valence-electron chi connectivity index (χ0n) is 44.6. The summed E-state index contributed by atoms with van der Waals surface area (Å²) in [4.78, 5) is 94.7. The highest BCUT2D eigenvalue weighted by molar-refractivity contribution is 8.00. The maximum atomic E-state index is 14.4. The van der Waals surface area contributed by atoms with Gasteiger partial charge < -0.3 is 38.7 Å². The Hall–Kier alpha value is -7.47. The number of thioether (sulfide) groups is 1. The van der Waals surface area contributed by atoms with Crippen molar-refractivity contribution in [3.63, 3.8) is 0 Å². The van der Waals surface area contributed by atoms with Gasteiger partial charge in [0.25, 0.3) is 11.8 Å². The predicted molar refractivity (Wildman–Crippen MR) is 283 cm³/mol. The van der Waals surface area contributed by atoms with Crippen LogP contribution in [0, 0.1) is 5.41 Å². The first kappa shape index (κ1) is 56.3. The molecule has 5 heterocycles. The van der Waals surface area contributed by atoms with E-state index in [0.717, 1.165) is 22.7 Å². The third kappa shape index (κ3) is 14.1. The Morgan fingerprint density at radius 2 is 1.49 bits per heavy atom. The summed E-state index contributed by atoms with van der Waals surface area (Å²) < 4.78 is 31.4. The number of hydrogen-bond donors (Lipinski definition) is 4. The minimum Gasteiger partial charge on any atom is -0.497 e. The third-order valence-corrected chi connectivity index (χ3v) is 13.4. The quantitative estimate of drug-likeness (QED) is 0.0180. The molecule has 7 rings (SSSR count). The molecule has 4 amide bonds. The number of hydrogen-bond acceptors (Lipinski definition) is 18. The van der Waals surface area contributed by atoms with Crippen LogP contribution in [0.1, 0.15) is 98.5 Å². The number of oxime groups is 1. The molecule has 76 heavy (non-hydrogen) atoms. The lowest BCUT2D eigenvalue weighted by Gasteiger charge is -2.49. The topological polar surface area (TPSA) is 258 Å². The summed E-state index contributed by atoms with van der Waals surface area (Å²) in [6.45, 7) is 20.3. The number of amides is 4. The fourth-order valence-electron chi connectivity index (χ4n) is 7.84. The number of rotatable bonds is 16. The molecule has 1 saturated heterocycles. The first-order chi connectivity index (χ1) is 35.6. The van der Waals surface area contributed by atoms with Crippen molar-refractivity contribution in [3.8, 4) is 5.75 Å². The number of benzene rings is 2. The van der Waals surface area contributed by atoms with Gasteiger partial charge in [-0.05, 0) is 99.4 Å². The summed E-state index contributed by atoms with van der Waals surface area (Å²) in [7, 11) is 1.55. The van der Waals surface area contributed by atoms with Gasteiger partial charge in [0.05, 0.1) is 19.7 Å². The predicted octanol–water partition coefficient (Wildman–Crippen LogP) is 6.40. The molecule has 0 unspecified atom stereocenters. The molecule has 4 N–H and O–H groups in total. The molecule has 4 aromatic rings. The number of amidine groups is 1. The molecule has 3 aliphatic rings. The normalized spacial score (nSPS) is 16.7. The molecule has 0 bridgehead atoms. The van der Waals surface area contributed by atoms with Gasteiger partial charge in [-0.1, -0.05) is 41.6 Å². The number of nitrogens with zero attached hydrogens (tertiary/aromatic N) is 6. The lowest BCUT2D eigenvalue weighted by Crippen LogP contribution is -2.71. The molecule has 3 aliphatic heterocycles. The zero-order valence-corrected chi connectivity index (χ0v) is 46.3. The lowest BCUT2D eigenvalue weighted by molar-refractivity contribution is -0.766. The van der Waals surface area contributed by atoms with Crippen molar-refractivity contribution in [2.75, 3.05) is 29.6 Å². The fourth-order valence-corrected chi connectivity index (χ4v) is 9.85. The van der Waals surface area contributed by atoms with E-state index >= 15 is 0 Å².